The van der Waals surface area contributed by atoms with Gasteiger partial charge in [0.05, 0.1) is 6.54 Å². The van der Waals surface area contributed by atoms with Gasteiger partial charge in [0.15, 0.2) is 5.78 Å². The molecular formula is C17H25N3O3. The largest absolute Gasteiger partial charge is 0.444 e. The molecule has 1 fully saturated rings. The molecule has 23 heavy (non-hydrogen) atoms. The van der Waals surface area contributed by atoms with Gasteiger partial charge in [0.2, 0.25) is 0 Å². The summed E-state index contributed by atoms with van der Waals surface area (Å²) in [4.78, 5) is 29.9. The molecule has 1 aromatic rings. The summed E-state index contributed by atoms with van der Waals surface area (Å²) in [5.74, 6) is -0.0417. The zero-order valence-corrected chi connectivity index (χ0v) is 14.0. The van der Waals surface area contributed by atoms with Gasteiger partial charge in [-0.2, -0.15) is 0 Å². The molecule has 1 atom stereocenters. The number of amides is 1. The standard InChI is InChI=1S/C17H25N3O3/c1-17(2,3)23-16(22)20-10-6-7-13(12-20)19-11-15(21)14-8-4-5-9-18-14/h4-5,8-9,13,19H,6-7,10-12H2,1-3H3. The summed E-state index contributed by atoms with van der Waals surface area (Å²) in [6.07, 6.45) is 3.15. The Morgan fingerprint density at radius 1 is 1.39 bits per heavy atom. The molecule has 2 heterocycles. The number of ketones is 1. The highest BCUT2D eigenvalue weighted by Gasteiger charge is 2.27. The highest BCUT2D eigenvalue weighted by atomic mass is 16.6. The Balaban J connectivity index is 1.82. The van der Waals surface area contributed by atoms with Crippen LogP contribution in [-0.2, 0) is 4.74 Å². The fourth-order valence-corrected chi connectivity index (χ4v) is 2.49. The van der Waals surface area contributed by atoms with Gasteiger partial charge in [-0.3, -0.25) is 9.78 Å². The van der Waals surface area contributed by atoms with Crippen molar-refractivity contribution in [2.45, 2.75) is 45.3 Å². The summed E-state index contributed by atoms with van der Waals surface area (Å²) in [6.45, 7) is 7.05. The van der Waals surface area contributed by atoms with Crippen molar-refractivity contribution in [2.24, 2.45) is 0 Å². The lowest BCUT2D eigenvalue weighted by atomic mass is 10.1. The number of rotatable bonds is 4. The molecule has 1 amide bonds. The molecule has 0 spiro atoms. The maximum absolute atomic E-state index is 12.1. The first-order valence-electron chi connectivity index (χ1n) is 8.01. The van der Waals surface area contributed by atoms with Crippen LogP contribution in [-0.4, -0.2) is 53.0 Å². The van der Waals surface area contributed by atoms with Crippen molar-refractivity contribution in [1.82, 2.24) is 15.2 Å². The topological polar surface area (TPSA) is 71.5 Å². The molecule has 1 unspecified atom stereocenters. The number of nitrogens with zero attached hydrogens (tertiary/aromatic N) is 2. The smallest absolute Gasteiger partial charge is 0.410 e. The Hall–Kier alpha value is -1.95. The lowest BCUT2D eigenvalue weighted by Crippen LogP contribution is -2.50. The van der Waals surface area contributed by atoms with E-state index < -0.39 is 5.60 Å². The first-order valence-corrected chi connectivity index (χ1v) is 8.01. The molecule has 0 aromatic carbocycles. The van der Waals surface area contributed by atoms with E-state index in [2.05, 4.69) is 10.3 Å². The third-order valence-corrected chi connectivity index (χ3v) is 3.57. The number of carbonyl (C=O) groups is 2. The molecule has 6 nitrogen and oxygen atoms in total. The summed E-state index contributed by atoms with van der Waals surface area (Å²) in [5, 5.41) is 3.23. The van der Waals surface area contributed by atoms with Gasteiger partial charge in [0.25, 0.3) is 0 Å². The Morgan fingerprint density at radius 3 is 2.83 bits per heavy atom. The third-order valence-electron chi connectivity index (χ3n) is 3.57. The van der Waals surface area contributed by atoms with Crippen LogP contribution in [0.2, 0.25) is 0 Å². The third kappa shape index (κ3) is 5.63. The predicted octanol–water partition coefficient (Wildman–Crippen LogP) is 2.25. The van der Waals surface area contributed by atoms with Crippen LogP contribution in [0.4, 0.5) is 4.79 Å². The van der Waals surface area contributed by atoms with Crippen molar-refractivity contribution in [3.8, 4) is 0 Å². The number of hydrogen-bond donors (Lipinski definition) is 1. The number of piperidine rings is 1. The summed E-state index contributed by atoms with van der Waals surface area (Å²) >= 11 is 0. The van der Waals surface area contributed by atoms with Crippen LogP contribution in [0.15, 0.2) is 24.4 Å². The first-order chi connectivity index (χ1) is 10.8. The minimum absolute atomic E-state index is 0.0417. The van der Waals surface area contributed by atoms with E-state index in [1.165, 1.54) is 0 Å². The lowest BCUT2D eigenvalue weighted by Gasteiger charge is -2.34. The maximum Gasteiger partial charge on any atom is 0.410 e. The predicted molar refractivity (Wildman–Crippen MR) is 87.4 cm³/mol. The second-order valence-corrected chi connectivity index (χ2v) is 6.78. The van der Waals surface area contributed by atoms with Gasteiger partial charge in [-0.25, -0.2) is 4.79 Å². The van der Waals surface area contributed by atoms with Gasteiger partial charge in [-0.15, -0.1) is 0 Å². The number of nitrogens with one attached hydrogen (secondary N) is 1. The summed E-state index contributed by atoms with van der Waals surface area (Å²) in [6, 6.07) is 5.39. The Morgan fingerprint density at radius 2 is 2.17 bits per heavy atom. The van der Waals surface area contributed by atoms with Crippen molar-refractivity contribution in [3.05, 3.63) is 30.1 Å². The molecule has 0 bridgehead atoms. The molecule has 1 N–H and O–H groups in total. The van der Waals surface area contributed by atoms with Crippen LogP contribution in [0.25, 0.3) is 0 Å². The monoisotopic (exact) mass is 319 g/mol. The Labute approximate surface area is 137 Å². The van der Waals surface area contributed by atoms with Crippen molar-refractivity contribution in [3.63, 3.8) is 0 Å². The quantitative estimate of drug-likeness (QED) is 0.862. The molecule has 1 aliphatic rings. The fourth-order valence-electron chi connectivity index (χ4n) is 2.49. The van der Waals surface area contributed by atoms with E-state index in [4.69, 9.17) is 4.74 Å². The van der Waals surface area contributed by atoms with Gasteiger partial charge >= 0.3 is 6.09 Å². The lowest BCUT2D eigenvalue weighted by molar-refractivity contribution is 0.0188. The molecule has 0 radical (unpaired) electrons. The molecular weight excluding hydrogens is 294 g/mol. The summed E-state index contributed by atoms with van der Waals surface area (Å²) < 4.78 is 5.40. The average Bonchev–Trinajstić information content (AvgIpc) is 2.52. The van der Waals surface area contributed by atoms with Gasteiger partial charge in [0.1, 0.15) is 11.3 Å². The van der Waals surface area contributed by atoms with Crippen molar-refractivity contribution in [1.29, 1.82) is 0 Å². The fraction of sp³-hybridized carbons (Fsp3) is 0.588. The van der Waals surface area contributed by atoms with Gasteiger partial charge in [-0.05, 0) is 45.7 Å². The molecule has 1 aliphatic heterocycles. The molecule has 6 heteroatoms. The number of hydrogen-bond acceptors (Lipinski definition) is 5. The SMILES string of the molecule is CC(C)(C)OC(=O)N1CCCC(NCC(=O)c2ccccn2)C1. The van der Waals surface area contributed by atoms with Crippen LogP contribution in [0.5, 0.6) is 0 Å². The number of aromatic nitrogens is 1. The van der Waals surface area contributed by atoms with E-state index in [-0.39, 0.29) is 24.5 Å². The van der Waals surface area contributed by atoms with Crippen LogP contribution in [0, 0.1) is 0 Å². The van der Waals surface area contributed by atoms with Gasteiger partial charge in [-0.1, -0.05) is 6.07 Å². The highest BCUT2D eigenvalue weighted by Crippen LogP contribution is 2.15. The van der Waals surface area contributed by atoms with Gasteiger partial charge < -0.3 is 15.0 Å². The van der Waals surface area contributed by atoms with E-state index in [9.17, 15) is 9.59 Å². The molecule has 0 aliphatic carbocycles. The van der Waals surface area contributed by atoms with E-state index in [0.29, 0.717) is 18.8 Å². The Bertz CT molecular complexity index is 540. The van der Waals surface area contributed by atoms with Crippen LogP contribution in [0.1, 0.15) is 44.1 Å². The van der Waals surface area contributed by atoms with Crippen LogP contribution >= 0.6 is 0 Å². The minimum Gasteiger partial charge on any atom is -0.444 e. The molecule has 1 saturated heterocycles. The first kappa shape index (κ1) is 17.4. The maximum atomic E-state index is 12.1. The van der Waals surface area contributed by atoms with E-state index >= 15 is 0 Å². The van der Waals surface area contributed by atoms with E-state index in [1.807, 2.05) is 20.8 Å². The van der Waals surface area contributed by atoms with Crippen LogP contribution < -0.4 is 5.32 Å². The second kappa shape index (κ2) is 7.55. The molecule has 126 valence electrons. The zero-order valence-electron chi connectivity index (χ0n) is 14.0. The average molecular weight is 319 g/mol. The zero-order chi connectivity index (χ0) is 16.9. The number of ether oxygens (including phenoxy) is 1. The number of pyridine rings is 1. The minimum atomic E-state index is -0.494. The molecule has 0 saturated carbocycles. The van der Waals surface area contributed by atoms with Crippen molar-refractivity contribution < 1.29 is 14.3 Å². The molecule has 2 rings (SSSR count). The van der Waals surface area contributed by atoms with Crippen LogP contribution in [0.3, 0.4) is 0 Å². The second-order valence-electron chi connectivity index (χ2n) is 6.78. The van der Waals surface area contributed by atoms with E-state index in [1.54, 1.807) is 29.3 Å². The summed E-state index contributed by atoms with van der Waals surface area (Å²) in [5.41, 5.74) is -0.0355. The highest BCUT2D eigenvalue weighted by molar-refractivity contribution is 5.95. The Kier molecular flexibility index (Phi) is 5.71. The van der Waals surface area contributed by atoms with Gasteiger partial charge in [0, 0.05) is 25.3 Å². The number of Topliss-reactive ketones (excluding diaryl/α,β-unsaturated/α-hetero) is 1. The normalized spacial score (nSPS) is 18.6. The molecule has 1 aromatic heterocycles. The van der Waals surface area contributed by atoms with Crippen molar-refractivity contribution in [2.75, 3.05) is 19.6 Å². The van der Waals surface area contributed by atoms with E-state index in [0.717, 1.165) is 12.8 Å². The number of likely N-dealkylation sites (tertiary alicyclic amines) is 1. The summed E-state index contributed by atoms with van der Waals surface area (Å²) in [7, 11) is 0. The number of carbonyl (C=O) groups excluding carboxylic acids is 2. The van der Waals surface area contributed by atoms with Crippen molar-refractivity contribution >= 4 is 11.9 Å².